The van der Waals surface area contributed by atoms with Crippen LogP contribution in [-0.2, 0) is 14.8 Å². The number of carbonyl (C=O) groups excluding carboxylic acids is 1. The Morgan fingerprint density at radius 2 is 1.70 bits per heavy atom. The first-order chi connectivity index (χ1) is 19.0. The molecule has 0 N–H and O–H groups in total. The zero-order chi connectivity index (χ0) is 28.9. The van der Waals surface area contributed by atoms with Crippen LogP contribution in [0, 0.1) is 17.7 Å². The Morgan fingerprint density at radius 1 is 1.05 bits per heavy atom. The van der Waals surface area contributed by atoms with E-state index in [1.54, 1.807) is 23.1 Å². The summed E-state index contributed by atoms with van der Waals surface area (Å²) in [6.45, 7) is 13.2. The van der Waals surface area contributed by atoms with Crippen molar-refractivity contribution in [1.82, 2.24) is 14.2 Å². The van der Waals surface area contributed by atoms with Crippen LogP contribution < -0.4 is 4.90 Å². The first kappa shape index (κ1) is 30.5. The van der Waals surface area contributed by atoms with Crippen LogP contribution in [0.2, 0.25) is 0 Å². The third-order valence-corrected chi connectivity index (χ3v) is 9.54. The third-order valence-electron chi connectivity index (χ3n) is 6.65. The summed E-state index contributed by atoms with van der Waals surface area (Å²) in [7, 11) is -3.71. The molecule has 1 aliphatic heterocycles. The molecule has 1 fully saturated rings. The summed E-state index contributed by atoms with van der Waals surface area (Å²) in [6.07, 6.45) is 0.724. The smallest absolute Gasteiger partial charge is 0.260 e. The van der Waals surface area contributed by atoms with Crippen LogP contribution in [0.15, 0.2) is 47.4 Å². The summed E-state index contributed by atoms with van der Waals surface area (Å²) in [5.74, 6) is -0.259. The highest BCUT2D eigenvalue weighted by molar-refractivity contribution is 7.89. The van der Waals surface area contributed by atoms with Crippen molar-refractivity contribution >= 4 is 42.6 Å². The molecule has 0 aliphatic carbocycles. The average molecular weight is 591 g/mol. The van der Waals surface area contributed by atoms with Gasteiger partial charge < -0.3 is 4.74 Å². The number of morpholine rings is 1. The van der Waals surface area contributed by atoms with Crippen molar-refractivity contribution in [1.29, 1.82) is 0 Å². The van der Waals surface area contributed by atoms with E-state index in [1.165, 1.54) is 39.9 Å². The van der Waals surface area contributed by atoms with Gasteiger partial charge in [0.15, 0.2) is 5.13 Å². The Balaban J connectivity index is 1.57. The fraction of sp³-hybridized carbons (Fsp3) is 0.517. The van der Waals surface area contributed by atoms with E-state index in [9.17, 15) is 17.6 Å². The van der Waals surface area contributed by atoms with Gasteiger partial charge in [-0.3, -0.25) is 14.6 Å². The topological polar surface area (TPSA) is 83.1 Å². The average Bonchev–Trinajstić information content (AvgIpc) is 3.33. The molecule has 0 spiro atoms. The second-order valence-corrected chi connectivity index (χ2v) is 14.0. The van der Waals surface area contributed by atoms with Gasteiger partial charge in [-0.1, -0.05) is 39.0 Å². The Morgan fingerprint density at radius 3 is 2.33 bits per heavy atom. The fourth-order valence-electron chi connectivity index (χ4n) is 4.72. The Hall–Kier alpha value is -2.44. The quantitative estimate of drug-likeness (QED) is 0.292. The highest BCUT2D eigenvalue weighted by Gasteiger charge is 2.27. The highest BCUT2D eigenvalue weighted by Crippen LogP contribution is 2.31. The molecular weight excluding hydrogens is 551 g/mol. The van der Waals surface area contributed by atoms with Crippen molar-refractivity contribution in [3.05, 3.63) is 53.8 Å². The van der Waals surface area contributed by atoms with Gasteiger partial charge in [-0.2, -0.15) is 4.31 Å². The van der Waals surface area contributed by atoms with E-state index < -0.39 is 10.0 Å². The largest absolute Gasteiger partial charge is 0.379 e. The molecule has 1 aromatic heterocycles. The fourth-order valence-corrected chi connectivity index (χ4v) is 7.50. The van der Waals surface area contributed by atoms with Crippen molar-refractivity contribution in [2.45, 2.75) is 39.0 Å². The number of fused-ring (bicyclic) bond motifs is 1. The molecule has 1 amide bonds. The van der Waals surface area contributed by atoms with Crippen molar-refractivity contribution in [3.8, 4) is 0 Å². The number of carbonyl (C=O) groups is 1. The minimum absolute atomic E-state index is 0.166. The number of benzene rings is 2. The maximum atomic E-state index is 13.8. The minimum atomic E-state index is -3.71. The number of anilines is 1. The Kier molecular flexibility index (Phi) is 10.3. The predicted octanol–water partition coefficient (Wildman–Crippen LogP) is 5.11. The van der Waals surface area contributed by atoms with E-state index >= 15 is 0 Å². The molecule has 4 rings (SSSR count). The number of aromatic nitrogens is 1. The summed E-state index contributed by atoms with van der Waals surface area (Å²) in [6, 6.07) is 10.6. The van der Waals surface area contributed by atoms with Crippen molar-refractivity contribution < 1.29 is 22.3 Å². The molecule has 2 aromatic carbocycles. The van der Waals surface area contributed by atoms with Crippen LogP contribution in [0.25, 0.3) is 10.2 Å². The summed E-state index contributed by atoms with van der Waals surface area (Å²) in [5, 5.41) is 0.490. The second kappa shape index (κ2) is 13.5. The van der Waals surface area contributed by atoms with E-state index in [1.807, 2.05) is 27.7 Å². The van der Waals surface area contributed by atoms with Crippen LogP contribution in [0.1, 0.15) is 44.5 Å². The second-order valence-electron chi connectivity index (χ2n) is 11.0. The number of hydrogen-bond donors (Lipinski definition) is 0. The summed E-state index contributed by atoms with van der Waals surface area (Å²) in [5.41, 5.74) is 0.999. The van der Waals surface area contributed by atoms with Crippen LogP contribution in [0.3, 0.4) is 0 Å². The van der Waals surface area contributed by atoms with E-state index in [2.05, 4.69) is 9.88 Å². The number of hydrogen-bond acceptors (Lipinski definition) is 7. The van der Waals surface area contributed by atoms with Gasteiger partial charge in [0.1, 0.15) is 5.82 Å². The van der Waals surface area contributed by atoms with E-state index in [-0.39, 0.29) is 28.5 Å². The summed E-state index contributed by atoms with van der Waals surface area (Å²) in [4.78, 5) is 22.5. The number of rotatable bonds is 12. The Labute approximate surface area is 240 Å². The predicted molar refractivity (Wildman–Crippen MR) is 158 cm³/mol. The molecule has 218 valence electrons. The van der Waals surface area contributed by atoms with Gasteiger partial charge in [0.2, 0.25) is 10.0 Å². The van der Waals surface area contributed by atoms with Gasteiger partial charge in [-0.05, 0) is 60.7 Å². The lowest BCUT2D eigenvalue weighted by Gasteiger charge is -2.28. The van der Waals surface area contributed by atoms with Crippen molar-refractivity contribution in [3.63, 3.8) is 0 Å². The number of thiazole rings is 1. The summed E-state index contributed by atoms with van der Waals surface area (Å²) < 4.78 is 48.3. The zero-order valence-electron chi connectivity index (χ0n) is 23.7. The molecule has 0 atom stereocenters. The van der Waals surface area contributed by atoms with Gasteiger partial charge >= 0.3 is 0 Å². The molecule has 0 bridgehead atoms. The van der Waals surface area contributed by atoms with E-state index in [0.29, 0.717) is 53.8 Å². The molecule has 3 aromatic rings. The highest BCUT2D eigenvalue weighted by atomic mass is 32.2. The summed E-state index contributed by atoms with van der Waals surface area (Å²) >= 11 is 1.27. The normalized spacial score (nSPS) is 15.0. The van der Waals surface area contributed by atoms with Crippen LogP contribution >= 0.6 is 11.3 Å². The van der Waals surface area contributed by atoms with Crippen LogP contribution in [-0.4, -0.2) is 81.0 Å². The number of nitrogens with zero attached hydrogens (tertiary/aromatic N) is 4. The molecule has 40 heavy (non-hydrogen) atoms. The maximum Gasteiger partial charge on any atom is 0.260 e. The first-order valence-electron chi connectivity index (χ1n) is 13.8. The standard InChI is InChI=1S/C29H39FN4O4S2/c1-21(2)19-33(20-22(3)4)40(36,37)25-9-6-23(7-10-25)28(35)34(13-5-12-32-14-16-38-17-15-32)29-31-26-11-8-24(30)18-27(26)39-29/h6-11,18,21-22H,5,12-17,19-20H2,1-4H3. The number of halogens is 1. The van der Waals surface area contributed by atoms with Crippen LogP contribution in [0.4, 0.5) is 9.52 Å². The SMILES string of the molecule is CC(C)CN(CC(C)C)S(=O)(=O)c1ccc(C(=O)N(CCCN2CCOCC2)c2nc3ccc(F)cc3s2)cc1. The van der Waals surface area contributed by atoms with Crippen LogP contribution in [0.5, 0.6) is 0 Å². The lowest BCUT2D eigenvalue weighted by molar-refractivity contribution is 0.0376. The molecule has 2 heterocycles. The minimum Gasteiger partial charge on any atom is -0.379 e. The lowest BCUT2D eigenvalue weighted by Crippen LogP contribution is -2.39. The number of amides is 1. The van der Waals surface area contributed by atoms with Crippen molar-refractivity contribution in [2.24, 2.45) is 11.8 Å². The number of sulfonamides is 1. The molecule has 1 saturated heterocycles. The molecular formula is C29H39FN4O4S2. The van der Waals surface area contributed by atoms with E-state index in [4.69, 9.17) is 4.74 Å². The zero-order valence-corrected chi connectivity index (χ0v) is 25.3. The maximum absolute atomic E-state index is 13.8. The van der Waals surface area contributed by atoms with Gasteiger partial charge in [0, 0.05) is 44.8 Å². The lowest BCUT2D eigenvalue weighted by atomic mass is 10.2. The monoisotopic (exact) mass is 590 g/mol. The molecule has 1 aliphatic rings. The molecule has 0 unspecified atom stereocenters. The first-order valence-corrected chi connectivity index (χ1v) is 16.1. The van der Waals surface area contributed by atoms with Gasteiger partial charge in [-0.15, -0.1) is 0 Å². The number of ether oxygens (including phenoxy) is 1. The van der Waals surface area contributed by atoms with Gasteiger partial charge in [0.25, 0.3) is 5.91 Å². The Bertz CT molecular complexity index is 1380. The van der Waals surface area contributed by atoms with Crippen molar-refractivity contribution in [2.75, 3.05) is 57.4 Å². The third kappa shape index (κ3) is 7.64. The van der Waals surface area contributed by atoms with Gasteiger partial charge in [0.05, 0.1) is 28.3 Å². The van der Waals surface area contributed by atoms with E-state index in [0.717, 1.165) is 26.1 Å². The van der Waals surface area contributed by atoms with Gasteiger partial charge in [-0.25, -0.2) is 17.8 Å². The molecule has 8 nitrogen and oxygen atoms in total. The molecule has 0 saturated carbocycles. The molecule has 0 radical (unpaired) electrons. The molecule has 11 heteroatoms.